The number of rotatable bonds is 8. The third kappa shape index (κ3) is 8.52. The maximum absolute atomic E-state index is 9.20. The number of aliphatic hydroxyl groups is 1. The van der Waals surface area contributed by atoms with Gasteiger partial charge in [0.25, 0.3) is 0 Å². The third-order valence-electron chi connectivity index (χ3n) is 2.55. The van der Waals surface area contributed by atoms with E-state index in [-0.39, 0.29) is 6.10 Å². The van der Waals surface area contributed by atoms with Crippen molar-refractivity contribution in [1.29, 1.82) is 0 Å². The van der Waals surface area contributed by atoms with Crippen LogP contribution in [0.15, 0.2) is 0 Å². The Morgan fingerprint density at radius 2 is 1.86 bits per heavy atom. The lowest BCUT2D eigenvalue weighted by Crippen LogP contribution is -2.31. The molecule has 0 amide bonds. The highest BCUT2D eigenvalue weighted by atomic mass is 16.3. The lowest BCUT2D eigenvalue weighted by molar-refractivity contribution is 0.162. The topological polar surface area (TPSA) is 32.3 Å². The summed E-state index contributed by atoms with van der Waals surface area (Å²) in [6.45, 7) is 9.53. The van der Waals surface area contributed by atoms with E-state index in [1.165, 1.54) is 19.3 Å². The first kappa shape index (κ1) is 13.9. The minimum Gasteiger partial charge on any atom is -0.393 e. The minimum absolute atomic E-state index is 0.169. The molecule has 0 rings (SSSR count). The molecule has 0 bridgehead atoms. The number of nitrogens with one attached hydrogen (secondary N) is 1. The Labute approximate surface area is 89.1 Å². The molecule has 0 heterocycles. The van der Waals surface area contributed by atoms with E-state index in [0.29, 0.717) is 12.0 Å². The summed E-state index contributed by atoms with van der Waals surface area (Å²) in [6, 6.07) is 0.617. The summed E-state index contributed by atoms with van der Waals surface area (Å²) >= 11 is 0. The SMILES string of the molecule is CCCCC(C)NCC(C)CC(C)O. The number of hydrogen-bond acceptors (Lipinski definition) is 2. The zero-order valence-corrected chi connectivity index (χ0v) is 10.2. The van der Waals surface area contributed by atoms with Crippen LogP contribution in [0.4, 0.5) is 0 Å². The lowest BCUT2D eigenvalue weighted by Gasteiger charge is -2.18. The van der Waals surface area contributed by atoms with Gasteiger partial charge >= 0.3 is 0 Å². The van der Waals surface area contributed by atoms with Crippen molar-refractivity contribution >= 4 is 0 Å². The Kier molecular flexibility index (Phi) is 8.20. The van der Waals surface area contributed by atoms with Gasteiger partial charge in [0, 0.05) is 6.04 Å². The van der Waals surface area contributed by atoms with Crippen molar-refractivity contribution in [1.82, 2.24) is 5.32 Å². The molecular weight excluding hydrogens is 174 g/mol. The molecule has 2 heteroatoms. The van der Waals surface area contributed by atoms with Crippen LogP contribution in [0, 0.1) is 5.92 Å². The molecule has 2 N–H and O–H groups in total. The van der Waals surface area contributed by atoms with Crippen LogP contribution in [0.2, 0.25) is 0 Å². The molecule has 0 fully saturated rings. The normalized spacial score (nSPS) is 17.8. The van der Waals surface area contributed by atoms with E-state index in [2.05, 4.69) is 26.1 Å². The van der Waals surface area contributed by atoms with Gasteiger partial charge in [0.1, 0.15) is 0 Å². The zero-order valence-electron chi connectivity index (χ0n) is 10.2. The fraction of sp³-hybridized carbons (Fsp3) is 1.00. The van der Waals surface area contributed by atoms with Gasteiger partial charge < -0.3 is 10.4 Å². The van der Waals surface area contributed by atoms with Crippen molar-refractivity contribution in [3.63, 3.8) is 0 Å². The number of hydrogen-bond donors (Lipinski definition) is 2. The molecule has 0 saturated carbocycles. The van der Waals surface area contributed by atoms with Crippen LogP contribution in [-0.4, -0.2) is 23.8 Å². The second kappa shape index (κ2) is 8.25. The van der Waals surface area contributed by atoms with E-state index in [1.54, 1.807) is 0 Å². The van der Waals surface area contributed by atoms with Crippen molar-refractivity contribution in [2.75, 3.05) is 6.54 Å². The van der Waals surface area contributed by atoms with Gasteiger partial charge in [0.05, 0.1) is 6.10 Å². The predicted octanol–water partition coefficient (Wildman–Crippen LogP) is 2.56. The van der Waals surface area contributed by atoms with Gasteiger partial charge in [0.2, 0.25) is 0 Å². The summed E-state index contributed by atoms with van der Waals surface area (Å²) in [6.07, 6.45) is 4.57. The average molecular weight is 201 g/mol. The Balaban J connectivity index is 3.40. The van der Waals surface area contributed by atoms with Crippen LogP contribution in [-0.2, 0) is 0 Å². The van der Waals surface area contributed by atoms with Gasteiger partial charge in [-0.2, -0.15) is 0 Å². The summed E-state index contributed by atoms with van der Waals surface area (Å²) in [5, 5.41) is 12.7. The molecule has 3 unspecified atom stereocenters. The summed E-state index contributed by atoms with van der Waals surface area (Å²) < 4.78 is 0. The molecule has 0 radical (unpaired) electrons. The molecule has 86 valence electrons. The van der Waals surface area contributed by atoms with Crippen LogP contribution in [0.25, 0.3) is 0 Å². The molecule has 14 heavy (non-hydrogen) atoms. The van der Waals surface area contributed by atoms with E-state index < -0.39 is 0 Å². The van der Waals surface area contributed by atoms with Crippen LogP contribution >= 0.6 is 0 Å². The van der Waals surface area contributed by atoms with Gasteiger partial charge in [-0.1, -0.05) is 26.7 Å². The maximum Gasteiger partial charge on any atom is 0.0515 e. The Morgan fingerprint density at radius 1 is 1.21 bits per heavy atom. The van der Waals surface area contributed by atoms with Crippen LogP contribution in [0.5, 0.6) is 0 Å². The summed E-state index contributed by atoms with van der Waals surface area (Å²) in [7, 11) is 0. The molecule has 0 spiro atoms. The largest absolute Gasteiger partial charge is 0.393 e. The quantitative estimate of drug-likeness (QED) is 0.632. The van der Waals surface area contributed by atoms with Gasteiger partial charge in [-0.05, 0) is 39.2 Å². The number of aliphatic hydroxyl groups excluding tert-OH is 1. The van der Waals surface area contributed by atoms with Gasteiger partial charge in [-0.25, -0.2) is 0 Å². The monoisotopic (exact) mass is 201 g/mol. The highest BCUT2D eigenvalue weighted by Crippen LogP contribution is 2.06. The standard InChI is InChI=1S/C12H27NO/c1-5-6-7-11(3)13-9-10(2)8-12(4)14/h10-14H,5-9H2,1-4H3. The molecule has 0 saturated heterocycles. The van der Waals surface area contributed by atoms with Crippen LogP contribution < -0.4 is 5.32 Å². The molecule has 3 atom stereocenters. The second-order valence-corrected chi connectivity index (χ2v) is 4.64. The Hall–Kier alpha value is -0.0800. The molecule has 0 aromatic heterocycles. The van der Waals surface area contributed by atoms with Gasteiger partial charge in [0.15, 0.2) is 0 Å². The molecule has 0 aliphatic carbocycles. The molecule has 0 aromatic rings. The first-order chi connectivity index (χ1) is 6.56. The minimum atomic E-state index is -0.169. The summed E-state index contributed by atoms with van der Waals surface area (Å²) in [4.78, 5) is 0. The molecule has 0 aliphatic heterocycles. The summed E-state index contributed by atoms with van der Waals surface area (Å²) in [5.41, 5.74) is 0. The lowest BCUT2D eigenvalue weighted by atomic mass is 10.0. The molecule has 2 nitrogen and oxygen atoms in total. The zero-order chi connectivity index (χ0) is 11.0. The fourth-order valence-corrected chi connectivity index (χ4v) is 1.68. The Bertz CT molecular complexity index is 125. The van der Waals surface area contributed by atoms with Gasteiger partial charge in [-0.3, -0.25) is 0 Å². The van der Waals surface area contributed by atoms with Crippen molar-refractivity contribution < 1.29 is 5.11 Å². The van der Waals surface area contributed by atoms with E-state index in [0.717, 1.165) is 13.0 Å². The first-order valence-corrected chi connectivity index (χ1v) is 5.97. The third-order valence-corrected chi connectivity index (χ3v) is 2.55. The van der Waals surface area contributed by atoms with Gasteiger partial charge in [-0.15, -0.1) is 0 Å². The molecular formula is C12H27NO. The van der Waals surface area contributed by atoms with E-state index in [1.807, 2.05) is 6.92 Å². The van der Waals surface area contributed by atoms with Crippen molar-refractivity contribution in [2.45, 2.75) is 65.5 Å². The molecule has 0 aliphatic rings. The number of unbranched alkanes of at least 4 members (excludes halogenated alkanes) is 1. The predicted molar refractivity (Wildman–Crippen MR) is 62.5 cm³/mol. The fourth-order valence-electron chi connectivity index (χ4n) is 1.68. The van der Waals surface area contributed by atoms with Crippen LogP contribution in [0.3, 0.4) is 0 Å². The Morgan fingerprint density at radius 3 is 2.36 bits per heavy atom. The maximum atomic E-state index is 9.20. The van der Waals surface area contributed by atoms with Crippen LogP contribution in [0.1, 0.15) is 53.4 Å². The smallest absolute Gasteiger partial charge is 0.0515 e. The highest BCUT2D eigenvalue weighted by molar-refractivity contribution is 4.65. The average Bonchev–Trinajstić information content (AvgIpc) is 2.10. The van der Waals surface area contributed by atoms with E-state index >= 15 is 0 Å². The second-order valence-electron chi connectivity index (χ2n) is 4.64. The van der Waals surface area contributed by atoms with E-state index in [9.17, 15) is 5.11 Å². The summed E-state index contributed by atoms with van der Waals surface area (Å²) in [5.74, 6) is 0.569. The van der Waals surface area contributed by atoms with Crippen molar-refractivity contribution in [2.24, 2.45) is 5.92 Å². The molecule has 0 aromatic carbocycles. The van der Waals surface area contributed by atoms with Crippen molar-refractivity contribution in [3.05, 3.63) is 0 Å². The van der Waals surface area contributed by atoms with Crippen molar-refractivity contribution in [3.8, 4) is 0 Å². The highest BCUT2D eigenvalue weighted by Gasteiger charge is 2.07. The van der Waals surface area contributed by atoms with E-state index in [4.69, 9.17) is 0 Å². The first-order valence-electron chi connectivity index (χ1n) is 5.97.